The fourth-order valence-electron chi connectivity index (χ4n) is 3.63. The average molecular weight is 340 g/mol. The monoisotopic (exact) mass is 340 g/mol. The highest BCUT2D eigenvalue weighted by molar-refractivity contribution is 7.14. The van der Waals surface area contributed by atoms with Crippen molar-refractivity contribution in [3.8, 4) is 44.6 Å². The van der Waals surface area contributed by atoms with Crippen molar-refractivity contribution < 1.29 is 0 Å². The number of fused-ring (bicyclic) bond motifs is 6. The Morgan fingerprint density at radius 3 is 1.54 bits per heavy atom. The van der Waals surface area contributed by atoms with Gasteiger partial charge in [0.15, 0.2) is 0 Å². The summed E-state index contributed by atoms with van der Waals surface area (Å²) >= 11 is 3.60. The molecule has 3 aromatic rings. The smallest absolute Gasteiger partial charge is 0.0434 e. The normalized spacial score (nSPS) is 12.6. The van der Waals surface area contributed by atoms with Gasteiger partial charge < -0.3 is 0 Å². The molecule has 0 saturated carbocycles. The van der Waals surface area contributed by atoms with Gasteiger partial charge in [0.1, 0.15) is 0 Å². The molecule has 5 rings (SSSR count). The minimum absolute atomic E-state index is 1.17. The Hall–Kier alpha value is -2.52. The van der Waals surface area contributed by atoms with Crippen molar-refractivity contribution in [2.75, 3.05) is 0 Å². The molecule has 2 aromatic heterocycles. The van der Waals surface area contributed by atoms with Crippen molar-refractivity contribution in [1.29, 1.82) is 0 Å². The standard InChI is InChI=1S/C22H12S2/c1-3-5-13-15-7-9-23-21(15)19-12-18-14(6-4-2)16-8-10-24-22(16)20(18)11-17(13)19/h7-12H,1-2H3. The van der Waals surface area contributed by atoms with Gasteiger partial charge in [-0.25, -0.2) is 0 Å². The molecule has 0 unspecified atom stereocenters. The Labute approximate surface area is 148 Å². The molecule has 2 heteroatoms. The van der Waals surface area contributed by atoms with Gasteiger partial charge in [0.05, 0.1) is 0 Å². The third kappa shape index (κ3) is 1.65. The Kier molecular flexibility index (Phi) is 2.88. The molecule has 0 saturated heterocycles. The van der Waals surface area contributed by atoms with Gasteiger partial charge in [-0.3, -0.25) is 0 Å². The van der Waals surface area contributed by atoms with E-state index in [9.17, 15) is 0 Å². The molecule has 0 fully saturated rings. The average Bonchev–Trinajstić information content (AvgIpc) is 3.32. The third-order valence-corrected chi connectivity index (χ3v) is 6.45. The van der Waals surface area contributed by atoms with Crippen LogP contribution in [-0.4, -0.2) is 0 Å². The Morgan fingerprint density at radius 2 is 1.12 bits per heavy atom. The summed E-state index contributed by atoms with van der Waals surface area (Å²) in [6.45, 7) is 3.81. The molecule has 2 heterocycles. The van der Waals surface area contributed by atoms with Crippen LogP contribution >= 0.6 is 22.7 Å². The molecule has 0 bridgehead atoms. The van der Waals surface area contributed by atoms with Gasteiger partial charge in [0.25, 0.3) is 0 Å². The summed E-state index contributed by atoms with van der Waals surface area (Å²) < 4.78 is 0. The van der Waals surface area contributed by atoms with Crippen molar-refractivity contribution in [2.24, 2.45) is 0 Å². The van der Waals surface area contributed by atoms with Crippen LogP contribution in [-0.2, 0) is 0 Å². The van der Waals surface area contributed by atoms with Crippen LogP contribution in [0.2, 0.25) is 0 Å². The zero-order valence-corrected chi connectivity index (χ0v) is 14.9. The molecule has 0 atom stereocenters. The van der Waals surface area contributed by atoms with E-state index in [0.717, 1.165) is 0 Å². The second-order valence-corrected chi connectivity index (χ2v) is 7.60. The molecule has 0 N–H and O–H groups in total. The SMILES string of the molecule is CC#CC1=c2cc3c(cc2-c2sccc21)=C(C#CC)c1ccsc1-3. The maximum absolute atomic E-state index is 3.33. The summed E-state index contributed by atoms with van der Waals surface area (Å²) in [7, 11) is 0. The minimum atomic E-state index is 1.17. The number of thiophene rings is 2. The Morgan fingerprint density at radius 1 is 0.667 bits per heavy atom. The van der Waals surface area contributed by atoms with Gasteiger partial charge in [-0.15, -0.1) is 34.5 Å². The highest BCUT2D eigenvalue weighted by atomic mass is 32.1. The van der Waals surface area contributed by atoms with Crippen LogP contribution in [0.5, 0.6) is 0 Å². The summed E-state index contributed by atoms with van der Waals surface area (Å²) in [4.78, 5) is 2.68. The van der Waals surface area contributed by atoms with Crippen molar-refractivity contribution in [3.05, 3.63) is 56.6 Å². The van der Waals surface area contributed by atoms with Gasteiger partial charge in [-0.05, 0) is 48.9 Å². The van der Waals surface area contributed by atoms with Gasteiger partial charge >= 0.3 is 0 Å². The van der Waals surface area contributed by atoms with Crippen LogP contribution in [0.25, 0.3) is 32.0 Å². The summed E-state index contributed by atoms with van der Waals surface area (Å²) in [5.74, 6) is 12.8. The zero-order valence-electron chi connectivity index (χ0n) is 13.3. The first-order chi connectivity index (χ1) is 11.8. The predicted octanol–water partition coefficient (Wildman–Crippen LogP) is 4.22. The van der Waals surface area contributed by atoms with Crippen molar-refractivity contribution in [2.45, 2.75) is 13.8 Å². The summed E-state index contributed by atoms with van der Waals surface area (Å²) in [5.41, 5.74) is 7.51. The van der Waals surface area contributed by atoms with Gasteiger partial charge in [0, 0.05) is 53.6 Å². The topological polar surface area (TPSA) is 0 Å². The minimum Gasteiger partial charge on any atom is -0.143 e. The number of benzene rings is 1. The summed E-state index contributed by atoms with van der Waals surface area (Å²) in [5, 5.41) is 6.86. The van der Waals surface area contributed by atoms with Crippen LogP contribution in [0.4, 0.5) is 0 Å². The van der Waals surface area contributed by atoms with Crippen molar-refractivity contribution >= 4 is 33.8 Å². The molecule has 0 nitrogen and oxygen atoms in total. The molecule has 0 spiro atoms. The predicted molar refractivity (Wildman–Crippen MR) is 104 cm³/mol. The summed E-state index contributed by atoms with van der Waals surface area (Å²) in [6.07, 6.45) is 0. The molecular formula is C22H12S2. The zero-order chi connectivity index (χ0) is 16.3. The van der Waals surface area contributed by atoms with Crippen molar-refractivity contribution in [1.82, 2.24) is 0 Å². The second kappa shape index (κ2) is 4.99. The second-order valence-electron chi connectivity index (χ2n) is 5.77. The van der Waals surface area contributed by atoms with E-state index in [0.29, 0.717) is 0 Å². The molecule has 2 aliphatic carbocycles. The fraction of sp³-hybridized carbons (Fsp3) is 0.0909. The largest absolute Gasteiger partial charge is 0.143 e. The number of hydrogen-bond acceptors (Lipinski definition) is 2. The fourth-order valence-corrected chi connectivity index (χ4v) is 5.49. The molecule has 1 aromatic carbocycles. The highest BCUT2D eigenvalue weighted by Crippen LogP contribution is 2.40. The molecule has 112 valence electrons. The molecule has 24 heavy (non-hydrogen) atoms. The van der Waals surface area contributed by atoms with E-state index in [2.05, 4.69) is 58.7 Å². The first-order valence-electron chi connectivity index (χ1n) is 7.78. The van der Waals surface area contributed by atoms with Crippen LogP contribution in [0.3, 0.4) is 0 Å². The van der Waals surface area contributed by atoms with Crippen LogP contribution in [0.15, 0.2) is 35.0 Å². The first kappa shape index (κ1) is 13.9. The molecule has 0 amide bonds. The van der Waals surface area contributed by atoms with E-state index >= 15 is 0 Å². The molecule has 0 aliphatic heterocycles. The van der Waals surface area contributed by atoms with E-state index in [4.69, 9.17) is 0 Å². The van der Waals surface area contributed by atoms with E-state index in [1.54, 1.807) is 22.7 Å². The van der Waals surface area contributed by atoms with E-state index < -0.39 is 0 Å². The maximum Gasteiger partial charge on any atom is 0.0434 e. The number of hydrogen-bond donors (Lipinski definition) is 0. The van der Waals surface area contributed by atoms with Gasteiger partial charge in [-0.1, -0.05) is 11.8 Å². The van der Waals surface area contributed by atoms with E-state index in [1.165, 1.54) is 53.6 Å². The lowest BCUT2D eigenvalue weighted by atomic mass is 10.1. The Balaban J connectivity index is 1.98. The third-order valence-electron chi connectivity index (χ3n) is 4.55. The first-order valence-corrected chi connectivity index (χ1v) is 9.54. The molecule has 2 aliphatic rings. The van der Waals surface area contributed by atoms with Gasteiger partial charge in [-0.2, -0.15) is 0 Å². The highest BCUT2D eigenvalue weighted by Gasteiger charge is 2.25. The van der Waals surface area contributed by atoms with Crippen molar-refractivity contribution in [3.63, 3.8) is 0 Å². The van der Waals surface area contributed by atoms with Gasteiger partial charge in [0.2, 0.25) is 0 Å². The maximum atomic E-state index is 3.33. The lowest BCUT2D eigenvalue weighted by Gasteiger charge is -2.00. The molecule has 0 radical (unpaired) electrons. The van der Waals surface area contributed by atoms with E-state index in [1.807, 2.05) is 13.8 Å². The Bertz CT molecular complexity index is 1170. The van der Waals surface area contributed by atoms with Crippen LogP contribution in [0.1, 0.15) is 25.0 Å². The van der Waals surface area contributed by atoms with Crippen LogP contribution < -0.4 is 10.4 Å². The van der Waals surface area contributed by atoms with Crippen LogP contribution in [0, 0.1) is 23.7 Å². The molecular weight excluding hydrogens is 328 g/mol. The quantitative estimate of drug-likeness (QED) is 0.538. The summed E-state index contributed by atoms with van der Waals surface area (Å²) in [6, 6.07) is 9.04. The lowest BCUT2D eigenvalue weighted by molar-refractivity contribution is 1.58. The lowest BCUT2D eigenvalue weighted by Crippen LogP contribution is -2.13. The number of rotatable bonds is 0. The van der Waals surface area contributed by atoms with E-state index in [-0.39, 0.29) is 0 Å².